The minimum atomic E-state index is -0.587. The monoisotopic (exact) mass is 230 g/mol. The van der Waals surface area contributed by atoms with E-state index in [0.717, 1.165) is 44.9 Å². The average Bonchev–Trinajstić information content (AvgIpc) is 2.27. The maximum Gasteiger partial charge on any atom is 0.103 e. The molecular weight excluding hydrogens is 206 g/mol. The van der Waals surface area contributed by atoms with E-state index in [0.29, 0.717) is 11.8 Å². The zero-order chi connectivity index (χ0) is 11.5. The van der Waals surface area contributed by atoms with Crippen LogP contribution in [0.4, 0.5) is 8.78 Å². The van der Waals surface area contributed by atoms with E-state index in [2.05, 4.69) is 0 Å². The van der Waals surface area contributed by atoms with E-state index in [-0.39, 0.29) is 5.92 Å². The standard InChI is InChI=1S/C14H24F2/c1-10-2-3-12(9-14(10)16)8-11-4-6-13(15)7-5-11/h10-14H,2-9H2,1H3/t10-,11?,12?,13?,14-/m0/s1. The van der Waals surface area contributed by atoms with Crippen molar-refractivity contribution in [1.29, 1.82) is 0 Å². The first-order valence-electron chi connectivity index (χ1n) is 6.93. The number of rotatable bonds is 2. The largest absolute Gasteiger partial charge is 0.247 e. The number of alkyl halides is 2. The minimum absolute atomic E-state index is 0.262. The molecule has 2 rings (SSSR count). The Labute approximate surface area is 97.8 Å². The molecule has 0 aromatic rings. The van der Waals surface area contributed by atoms with Gasteiger partial charge in [-0.1, -0.05) is 6.92 Å². The second-order valence-electron chi connectivity index (χ2n) is 6.03. The van der Waals surface area contributed by atoms with Gasteiger partial charge in [-0.2, -0.15) is 0 Å². The van der Waals surface area contributed by atoms with Crippen LogP contribution < -0.4 is 0 Å². The molecule has 0 N–H and O–H groups in total. The van der Waals surface area contributed by atoms with Crippen molar-refractivity contribution in [3.05, 3.63) is 0 Å². The van der Waals surface area contributed by atoms with Crippen LogP contribution in [0.25, 0.3) is 0 Å². The van der Waals surface area contributed by atoms with Crippen molar-refractivity contribution >= 4 is 0 Å². The zero-order valence-electron chi connectivity index (χ0n) is 10.3. The van der Waals surface area contributed by atoms with Gasteiger partial charge in [0.1, 0.15) is 12.3 Å². The van der Waals surface area contributed by atoms with Crippen molar-refractivity contribution in [2.24, 2.45) is 17.8 Å². The molecule has 2 aliphatic carbocycles. The first kappa shape index (κ1) is 12.3. The lowest BCUT2D eigenvalue weighted by molar-refractivity contribution is 0.110. The highest BCUT2D eigenvalue weighted by Gasteiger charge is 2.30. The van der Waals surface area contributed by atoms with Crippen molar-refractivity contribution in [1.82, 2.24) is 0 Å². The third kappa shape index (κ3) is 3.18. The molecular formula is C14H24F2. The quantitative estimate of drug-likeness (QED) is 0.646. The summed E-state index contributed by atoms with van der Waals surface area (Å²) in [6.45, 7) is 2.02. The van der Waals surface area contributed by atoms with Crippen LogP contribution in [0.5, 0.6) is 0 Å². The SMILES string of the molecule is C[C@H]1CCC(CC2CCC(F)CC2)C[C@@H]1F. The average molecular weight is 230 g/mol. The van der Waals surface area contributed by atoms with Gasteiger partial charge in [0.15, 0.2) is 0 Å². The molecule has 3 atom stereocenters. The van der Waals surface area contributed by atoms with Gasteiger partial charge in [-0.3, -0.25) is 0 Å². The lowest BCUT2D eigenvalue weighted by Gasteiger charge is -2.33. The highest BCUT2D eigenvalue weighted by molar-refractivity contribution is 4.81. The van der Waals surface area contributed by atoms with Crippen LogP contribution in [0.15, 0.2) is 0 Å². The van der Waals surface area contributed by atoms with Crippen LogP contribution in [0.1, 0.15) is 58.3 Å². The second-order valence-corrected chi connectivity index (χ2v) is 6.03. The van der Waals surface area contributed by atoms with Crippen molar-refractivity contribution in [3.8, 4) is 0 Å². The number of hydrogen-bond donors (Lipinski definition) is 0. The van der Waals surface area contributed by atoms with Gasteiger partial charge in [0.05, 0.1) is 0 Å². The molecule has 0 aromatic heterocycles. The summed E-state index contributed by atoms with van der Waals surface area (Å²) in [6.07, 6.45) is 6.55. The summed E-state index contributed by atoms with van der Waals surface area (Å²) in [5.74, 6) is 1.52. The van der Waals surface area contributed by atoms with Crippen molar-refractivity contribution in [3.63, 3.8) is 0 Å². The smallest absolute Gasteiger partial charge is 0.103 e. The Morgan fingerprint density at radius 1 is 0.875 bits per heavy atom. The predicted octanol–water partition coefficient (Wildman–Crippen LogP) is 4.68. The van der Waals surface area contributed by atoms with Gasteiger partial charge in [-0.05, 0) is 69.1 Å². The highest BCUT2D eigenvalue weighted by Crippen LogP contribution is 2.38. The van der Waals surface area contributed by atoms with Crippen LogP contribution in [-0.4, -0.2) is 12.3 Å². The highest BCUT2D eigenvalue weighted by atomic mass is 19.1. The van der Waals surface area contributed by atoms with Gasteiger partial charge in [0.25, 0.3) is 0 Å². The molecule has 2 fully saturated rings. The topological polar surface area (TPSA) is 0 Å². The Kier molecular flexibility index (Phi) is 4.21. The summed E-state index contributed by atoms with van der Waals surface area (Å²) in [6, 6.07) is 0. The van der Waals surface area contributed by atoms with Crippen molar-refractivity contribution in [2.75, 3.05) is 0 Å². The molecule has 0 aromatic carbocycles. The van der Waals surface area contributed by atoms with Gasteiger partial charge in [-0.15, -0.1) is 0 Å². The van der Waals surface area contributed by atoms with E-state index < -0.39 is 12.3 Å². The van der Waals surface area contributed by atoms with Crippen LogP contribution in [-0.2, 0) is 0 Å². The molecule has 2 saturated carbocycles. The molecule has 0 heterocycles. The van der Waals surface area contributed by atoms with Gasteiger partial charge in [0.2, 0.25) is 0 Å². The van der Waals surface area contributed by atoms with Crippen LogP contribution >= 0.6 is 0 Å². The van der Waals surface area contributed by atoms with Crippen LogP contribution in [0.3, 0.4) is 0 Å². The lowest BCUT2D eigenvalue weighted by atomic mass is 9.74. The van der Waals surface area contributed by atoms with Crippen molar-refractivity contribution < 1.29 is 8.78 Å². The van der Waals surface area contributed by atoms with Gasteiger partial charge in [-0.25, -0.2) is 8.78 Å². The molecule has 0 saturated heterocycles. The minimum Gasteiger partial charge on any atom is -0.247 e. The molecule has 0 aliphatic heterocycles. The Balaban J connectivity index is 1.73. The first-order valence-corrected chi connectivity index (χ1v) is 6.93. The maximum atomic E-state index is 13.6. The fourth-order valence-electron chi connectivity index (χ4n) is 3.39. The third-order valence-electron chi connectivity index (χ3n) is 4.65. The normalized spacial score (nSPS) is 45.6. The van der Waals surface area contributed by atoms with E-state index in [1.807, 2.05) is 6.92 Å². The summed E-state index contributed by atoms with van der Waals surface area (Å²) < 4.78 is 26.6. The fourth-order valence-corrected chi connectivity index (χ4v) is 3.39. The number of halogens is 2. The number of hydrogen-bond acceptors (Lipinski definition) is 0. The first-order chi connectivity index (χ1) is 7.65. The molecule has 2 heteroatoms. The van der Waals surface area contributed by atoms with Crippen LogP contribution in [0.2, 0.25) is 0 Å². The van der Waals surface area contributed by atoms with E-state index in [9.17, 15) is 8.78 Å². The molecule has 2 aliphatic rings. The summed E-state index contributed by atoms with van der Waals surface area (Å²) in [4.78, 5) is 0. The summed E-state index contributed by atoms with van der Waals surface area (Å²) in [5, 5.41) is 0. The Morgan fingerprint density at radius 3 is 2.12 bits per heavy atom. The van der Waals surface area contributed by atoms with Gasteiger partial charge in [0, 0.05) is 0 Å². The maximum absolute atomic E-state index is 13.6. The summed E-state index contributed by atoms with van der Waals surface area (Å²) in [5.41, 5.74) is 0. The van der Waals surface area contributed by atoms with E-state index in [1.54, 1.807) is 0 Å². The molecule has 0 bridgehead atoms. The predicted molar refractivity (Wildman–Crippen MR) is 62.9 cm³/mol. The van der Waals surface area contributed by atoms with E-state index in [4.69, 9.17) is 0 Å². The second kappa shape index (κ2) is 5.46. The van der Waals surface area contributed by atoms with Crippen LogP contribution in [0, 0.1) is 17.8 Å². The molecule has 0 amide bonds. The molecule has 16 heavy (non-hydrogen) atoms. The van der Waals surface area contributed by atoms with Gasteiger partial charge >= 0.3 is 0 Å². The molecule has 94 valence electrons. The zero-order valence-corrected chi connectivity index (χ0v) is 10.3. The fraction of sp³-hybridized carbons (Fsp3) is 1.00. The van der Waals surface area contributed by atoms with E-state index in [1.165, 1.54) is 6.42 Å². The molecule has 0 spiro atoms. The Bertz CT molecular complexity index is 209. The Hall–Kier alpha value is -0.140. The van der Waals surface area contributed by atoms with Crippen molar-refractivity contribution in [2.45, 2.75) is 70.6 Å². The Morgan fingerprint density at radius 2 is 1.50 bits per heavy atom. The molecule has 0 nitrogen and oxygen atoms in total. The summed E-state index contributed by atoms with van der Waals surface area (Å²) >= 11 is 0. The molecule has 1 unspecified atom stereocenters. The lowest BCUT2D eigenvalue weighted by Crippen LogP contribution is -2.26. The van der Waals surface area contributed by atoms with E-state index >= 15 is 0 Å². The summed E-state index contributed by atoms with van der Waals surface area (Å²) in [7, 11) is 0. The third-order valence-corrected chi connectivity index (χ3v) is 4.65. The molecule has 0 radical (unpaired) electrons. The van der Waals surface area contributed by atoms with Gasteiger partial charge < -0.3 is 0 Å².